The third kappa shape index (κ3) is 6.89. The predicted octanol–water partition coefficient (Wildman–Crippen LogP) is 5.61. The molecule has 0 aliphatic rings. The van der Waals surface area contributed by atoms with Crippen molar-refractivity contribution in [3.05, 3.63) is 40.8 Å². The fourth-order valence-corrected chi connectivity index (χ4v) is 2.36. The second-order valence-electron chi connectivity index (χ2n) is 8.16. The van der Waals surface area contributed by atoms with Crippen LogP contribution in [0.2, 0.25) is 0 Å². The number of nitrogens with zero attached hydrogens (tertiary/aromatic N) is 2. The molecule has 0 saturated heterocycles. The SMILES string of the molecule is CC(C)=CCC/C(C)=C/COC(=O)c1cc(C(C)C)nn1C(C)(C)C. The summed E-state index contributed by atoms with van der Waals surface area (Å²) in [4.78, 5) is 12.5. The molecule has 0 aliphatic carbocycles. The molecule has 4 nitrogen and oxygen atoms in total. The van der Waals surface area contributed by atoms with E-state index in [0.717, 1.165) is 18.5 Å². The standard InChI is InChI=1S/C21H34N2O2/c1-15(2)10-9-11-17(5)12-13-25-20(24)19-14-18(16(3)4)22-23(19)21(6,7)8/h10,12,14,16H,9,11,13H2,1-8H3/b17-12+. The maximum Gasteiger partial charge on any atom is 0.356 e. The van der Waals surface area contributed by atoms with Crippen molar-refractivity contribution in [1.82, 2.24) is 9.78 Å². The summed E-state index contributed by atoms with van der Waals surface area (Å²) in [6.07, 6.45) is 6.21. The highest BCUT2D eigenvalue weighted by atomic mass is 16.5. The summed E-state index contributed by atoms with van der Waals surface area (Å²) in [5, 5.41) is 4.60. The van der Waals surface area contributed by atoms with Crippen molar-refractivity contribution in [3.63, 3.8) is 0 Å². The van der Waals surface area contributed by atoms with E-state index in [0.29, 0.717) is 12.3 Å². The van der Waals surface area contributed by atoms with Crippen molar-refractivity contribution >= 4 is 5.97 Å². The molecular weight excluding hydrogens is 312 g/mol. The summed E-state index contributed by atoms with van der Waals surface area (Å²) in [5.41, 5.74) is 3.73. The average molecular weight is 347 g/mol. The molecule has 1 heterocycles. The average Bonchev–Trinajstić information content (AvgIpc) is 2.92. The van der Waals surface area contributed by atoms with E-state index < -0.39 is 0 Å². The van der Waals surface area contributed by atoms with Gasteiger partial charge >= 0.3 is 5.97 Å². The molecule has 4 heteroatoms. The number of esters is 1. The maximum atomic E-state index is 12.5. The minimum Gasteiger partial charge on any atom is -0.457 e. The number of carbonyl (C=O) groups is 1. The van der Waals surface area contributed by atoms with Gasteiger partial charge in [-0.1, -0.05) is 31.1 Å². The molecule has 0 bridgehead atoms. The summed E-state index contributed by atoms with van der Waals surface area (Å²) in [6.45, 7) is 16.8. The fourth-order valence-electron chi connectivity index (χ4n) is 2.36. The Morgan fingerprint density at radius 2 is 1.88 bits per heavy atom. The zero-order chi connectivity index (χ0) is 19.2. The van der Waals surface area contributed by atoms with Crippen LogP contribution in [0.15, 0.2) is 29.4 Å². The van der Waals surface area contributed by atoms with E-state index in [1.807, 2.05) is 32.9 Å². The molecule has 0 radical (unpaired) electrons. The lowest BCUT2D eigenvalue weighted by Crippen LogP contribution is -2.28. The van der Waals surface area contributed by atoms with Crippen LogP contribution in [0.3, 0.4) is 0 Å². The quantitative estimate of drug-likeness (QED) is 0.476. The van der Waals surface area contributed by atoms with Gasteiger partial charge in [0, 0.05) is 0 Å². The van der Waals surface area contributed by atoms with Gasteiger partial charge in [-0.05, 0) is 72.4 Å². The van der Waals surface area contributed by atoms with Crippen molar-refractivity contribution in [1.29, 1.82) is 0 Å². The lowest BCUT2D eigenvalue weighted by Gasteiger charge is -2.21. The minimum atomic E-state index is -0.317. The number of hydrogen-bond acceptors (Lipinski definition) is 3. The lowest BCUT2D eigenvalue weighted by molar-refractivity contribution is 0.0526. The van der Waals surface area contributed by atoms with E-state index >= 15 is 0 Å². The van der Waals surface area contributed by atoms with Crippen LogP contribution in [0.25, 0.3) is 0 Å². The topological polar surface area (TPSA) is 44.1 Å². The Balaban J connectivity index is 2.76. The monoisotopic (exact) mass is 346 g/mol. The van der Waals surface area contributed by atoms with Gasteiger partial charge in [0.1, 0.15) is 12.3 Å². The number of hydrogen-bond donors (Lipinski definition) is 0. The van der Waals surface area contributed by atoms with Gasteiger partial charge in [-0.2, -0.15) is 5.10 Å². The second-order valence-corrected chi connectivity index (χ2v) is 8.16. The first-order valence-corrected chi connectivity index (χ1v) is 9.09. The Morgan fingerprint density at radius 1 is 1.24 bits per heavy atom. The molecule has 0 aromatic carbocycles. The molecule has 0 amide bonds. The van der Waals surface area contributed by atoms with Crippen LogP contribution in [-0.2, 0) is 10.3 Å². The van der Waals surface area contributed by atoms with Crippen LogP contribution < -0.4 is 0 Å². The minimum absolute atomic E-state index is 0.266. The zero-order valence-electron chi connectivity index (χ0n) is 17.1. The van der Waals surface area contributed by atoms with Crippen LogP contribution in [0.1, 0.15) is 90.3 Å². The van der Waals surface area contributed by atoms with Crippen molar-refractivity contribution < 1.29 is 9.53 Å². The van der Waals surface area contributed by atoms with Crippen LogP contribution in [0.4, 0.5) is 0 Å². The molecule has 1 rings (SSSR count). The maximum absolute atomic E-state index is 12.5. The normalized spacial score (nSPS) is 12.4. The van der Waals surface area contributed by atoms with E-state index in [9.17, 15) is 4.79 Å². The molecule has 140 valence electrons. The molecule has 0 atom stereocenters. The number of carbonyl (C=O) groups excluding carboxylic acids is 1. The van der Waals surface area contributed by atoms with Crippen molar-refractivity contribution in [2.45, 2.75) is 79.7 Å². The second kappa shape index (κ2) is 9.02. The number of aromatic nitrogens is 2. The highest BCUT2D eigenvalue weighted by Crippen LogP contribution is 2.22. The summed E-state index contributed by atoms with van der Waals surface area (Å²) in [6, 6.07) is 1.85. The third-order valence-corrected chi connectivity index (χ3v) is 3.90. The fraction of sp³-hybridized carbons (Fsp3) is 0.619. The van der Waals surface area contributed by atoms with E-state index in [1.54, 1.807) is 4.68 Å². The van der Waals surface area contributed by atoms with Crippen molar-refractivity contribution in [2.24, 2.45) is 0 Å². The third-order valence-electron chi connectivity index (χ3n) is 3.90. The first kappa shape index (κ1) is 21.2. The molecule has 1 aromatic heterocycles. The van der Waals surface area contributed by atoms with Crippen molar-refractivity contribution in [3.8, 4) is 0 Å². The van der Waals surface area contributed by atoms with Crippen LogP contribution in [-0.4, -0.2) is 22.4 Å². The van der Waals surface area contributed by atoms with E-state index in [1.165, 1.54) is 11.1 Å². The molecule has 1 aromatic rings. The molecule has 0 fully saturated rings. The summed E-state index contributed by atoms with van der Waals surface area (Å²) in [5.74, 6) is -0.0463. The smallest absolute Gasteiger partial charge is 0.356 e. The Hall–Kier alpha value is -1.84. The highest BCUT2D eigenvalue weighted by Gasteiger charge is 2.25. The van der Waals surface area contributed by atoms with E-state index in [4.69, 9.17) is 4.74 Å². The highest BCUT2D eigenvalue weighted by molar-refractivity contribution is 5.88. The largest absolute Gasteiger partial charge is 0.457 e. The lowest BCUT2D eigenvalue weighted by atomic mass is 10.1. The van der Waals surface area contributed by atoms with Gasteiger partial charge in [0.2, 0.25) is 0 Å². The zero-order valence-corrected chi connectivity index (χ0v) is 17.1. The first-order chi connectivity index (χ1) is 11.5. The van der Waals surface area contributed by atoms with Crippen LogP contribution >= 0.6 is 0 Å². The molecule has 25 heavy (non-hydrogen) atoms. The molecule has 0 aliphatic heterocycles. The van der Waals surface area contributed by atoms with Crippen molar-refractivity contribution in [2.75, 3.05) is 6.61 Å². The molecule has 0 saturated carbocycles. The van der Waals surface area contributed by atoms with Crippen LogP contribution in [0, 0.1) is 0 Å². The number of ether oxygens (including phenoxy) is 1. The first-order valence-electron chi connectivity index (χ1n) is 9.09. The Morgan fingerprint density at radius 3 is 2.40 bits per heavy atom. The number of allylic oxidation sites excluding steroid dienone is 3. The van der Waals surface area contributed by atoms with Gasteiger partial charge in [0.15, 0.2) is 0 Å². The van der Waals surface area contributed by atoms with Gasteiger partial charge in [-0.25, -0.2) is 4.79 Å². The Kier molecular flexibility index (Phi) is 7.65. The summed E-state index contributed by atoms with van der Waals surface area (Å²) < 4.78 is 7.24. The van der Waals surface area contributed by atoms with Gasteiger partial charge in [0.05, 0.1) is 11.2 Å². The number of rotatable bonds is 7. The summed E-state index contributed by atoms with van der Waals surface area (Å²) >= 11 is 0. The molecule has 0 unspecified atom stereocenters. The van der Waals surface area contributed by atoms with E-state index in [2.05, 4.69) is 45.8 Å². The molecular formula is C21H34N2O2. The Labute approximate surface area is 153 Å². The van der Waals surface area contributed by atoms with Gasteiger partial charge in [-0.15, -0.1) is 0 Å². The molecule has 0 N–H and O–H groups in total. The van der Waals surface area contributed by atoms with Gasteiger partial charge in [-0.3, -0.25) is 4.68 Å². The Bertz CT molecular complexity index is 639. The summed E-state index contributed by atoms with van der Waals surface area (Å²) in [7, 11) is 0. The van der Waals surface area contributed by atoms with Gasteiger partial charge in [0.25, 0.3) is 0 Å². The predicted molar refractivity (Wildman–Crippen MR) is 104 cm³/mol. The van der Waals surface area contributed by atoms with Crippen LogP contribution in [0.5, 0.6) is 0 Å². The molecule has 0 spiro atoms. The van der Waals surface area contributed by atoms with Gasteiger partial charge < -0.3 is 4.74 Å². The van der Waals surface area contributed by atoms with E-state index in [-0.39, 0.29) is 17.4 Å².